The molecular weight excluding hydrogens is 218 g/mol. The monoisotopic (exact) mass is 241 g/mol. The quantitative estimate of drug-likeness (QED) is 0.664. The van der Waals surface area contributed by atoms with Gasteiger partial charge in [-0.25, -0.2) is 4.79 Å². The van der Waals surface area contributed by atoms with Crippen molar-refractivity contribution in [3.8, 4) is 0 Å². The zero-order chi connectivity index (χ0) is 12.8. The van der Waals surface area contributed by atoms with E-state index in [0.717, 1.165) is 38.5 Å². The molecule has 17 heavy (non-hydrogen) atoms. The number of carboxylic acid groups (broad SMARTS) is 1. The molecule has 0 aromatic carbocycles. The number of hydrogen-bond donors (Lipinski definition) is 1. The topological polar surface area (TPSA) is 57.6 Å². The molecule has 0 aromatic heterocycles. The summed E-state index contributed by atoms with van der Waals surface area (Å²) in [7, 11) is 0. The summed E-state index contributed by atoms with van der Waals surface area (Å²) in [5.74, 6) is -0.959. The minimum absolute atomic E-state index is 0.101. The van der Waals surface area contributed by atoms with Gasteiger partial charge in [-0.2, -0.15) is 0 Å². The van der Waals surface area contributed by atoms with Gasteiger partial charge in [0.05, 0.1) is 0 Å². The summed E-state index contributed by atoms with van der Waals surface area (Å²) >= 11 is 0. The van der Waals surface area contributed by atoms with Crippen LogP contribution in [-0.4, -0.2) is 34.0 Å². The van der Waals surface area contributed by atoms with Crippen LogP contribution in [0.25, 0.3) is 0 Å². The summed E-state index contributed by atoms with van der Waals surface area (Å²) < 4.78 is 0. The molecular formula is C13H23NO3. The van der Waals surface area contributed by atoms with E-state index in [2.05, 4.69) is 6.92 Å². The molecule has 1 unspecified atom stereocenters. The largest absolute Gasteiger partial charge is 0.480 e. The second-order valence-corrected chi connectivity index (χ2v) is 4.86. The first kappa shape index (κ1) is 14.0. The number of aliphatic carboxylic acids is 1. The molecule has 1 atom stereocenters. The highest BCUT2D eigenvalue weighted by Gasteiger charge is 2.38. The Balaban J connectivity index is 2.50. The Labute approximate surface area is 103 Å². The van der Waals surface area contributed by atoms with Crippen LogP contribution < -0.4 is 0 Å². The summed E-state index contributed by atoms with van der Waals surface area (Å²) in [6.45, 7) is 3.60. The second-order valence-electron chi connectivity index (χ2n) is 4.86. The normalized spacial score (nSPS) is 16.6. The number of unbranched alkanes of at least 4 members (excludes halogenated alkanes) is 3. The third-order valence-corrected chi connectivity index (χ3v) is 3.26. The van der Waals surface area contributed by atoms with Crippen LogP contribution in [0.15, 0.2) is 0 Å². The van der Waals surface area contributed by atoms with Crippen LogP contribution >= 0.6 is 0 Å². The zero-order valence-corrected chi connectivity index (χ0v) is 10.8. The minimum Gasteiger partial charge on any atom is -0.480 e. The Bertz CT molecular complexity index is 274. The number of hydrogen-bond acceptors (Lipinski definition) is 2. The van der Waals surface area contributed by atoms with Crippen LogP contribution in [0.3, 0.4) is 0 Å². The van der Waals surface area contributed by atoms with E-state index >= 15 is 0 Å². The third-order valence-electron chi connectivity index (χ3n) is 3.26. The van der Waals surface area contributed by atoms with Gasteiger partial charge in [0.15, 0.2) is 0 Å². The standard InChI is InChI=1S/C13H23NO3/c1-3-4-5-6-7-12(13(16)17)14(10(2)15)11-8-9-11/h11-12H,3-9H2,1-2H3,(H,16,17). The SMILES string of the molecule is CCCCCCC(C(=O)O)N(C(C)=O)C1CC1. The predicted molar refractivity (Wildman–Crippen MR) is 65.7 cm³/mol. The number of nitrogens with zero attached hydrogens (tertiary/aromatic N) is 1. The molecule has 0 radical (unpaired) electrons. The number of amides is 1. The van der Waals surface area contributed by atoms with Gasteiger partial charge in [0.1, 0.15) is 6.04 Å². The summed E-state index contributed by atoms with van der Waals surface area (Å²) in [5, 5.41) is 9.23. The van der Waals surface area contributed by atoms with Crippen molar-refractivity contribution in [3.63, 3.8) is 0 Å². The lowest BCUT2D eigenvalue weighted by Crippen LogP contribution is -2.45. The van der Waals surface area contributed by atoms with Crippen LogP contribution in [0, 0.1) is 0 Å². The molecule has 4 nitrogen and oxygen atoms in total. The molecule has 0 saturated heterocycles. The fourth-order valence-electron chi connectivity index (χ4n) is 2.23. The van der Waals surface area contributed by atoms with Gasteiger partial charge < -0.3 is 10.0 Å². The lowest BCUT2D eigenvalue weighted by molar-refractivity contribution is -0.150. The van der Waals surface area contributed by atoms with E-state index in [0.29, 0.717) is 6.42 Å². The average molecular weight is 241 g/mol. The number of carbonyl (C=O) groups excluding carboxylic acids is 1. The van der Waals surface area contributed by atoms with Gasteiger partial charge in [-0.3, -0.25) is 4.79 Å². The minimum atomic E-state index is -0.858. The van der Waals surface area contributed by atoms with Crippen molar-refractivity contribution in [1.82, 2.24) is 4.90 Å². The molecule has 0 heterocycles. The van der Waals surface area contributed by atoms with Crippen LogP contribution in [0.2, 0.25) is 0 Å². The number of rotatable bonds is 8. The molecule has 1 N–H and O–H groups in total. The van der Waals surface area contributed by atoms with Gasteiger partial charge in [0, 0.05) is 13.0 Å². The molecule has 0 spiro atoms. The van der Waals surface area contributed by atoms with E-state index < -0.39 is 12.0 Å². The lowest BCUT2D eigenvalue weighted by Gasteiger charge is -2.28. The van der Waals surface area contributed by atoms with Crippen molar-refractivity contribution < 1.29 is 14.7 Å². The average Bonchev–Trinajstić information content (AvgIpc) is 3.05. The molecule has 0 bridgehead atoms. The van der Waals surface area contributed by atoms with Crippen molar-refractivity contribution in [2.24, 2.45) is 0 Å². The van der Waals surface area contributed by atoms with Gasteiger partial charge in [0.25, 0.3) is 0 Å². The molecule has 1 amide bonds. The zero-order valence-electron chi connectivity index (χ0n) is 10.8. The van der Waals surface area contributed by atoms with Crippen LogP contribution in [0.5, 0.6) is 0 Å². The van der Waals surface area contributed by atoms with Crippen molar-refractivity contribution >= 4 is 11.9 Å². The Morgan fingerprint density at radius 1 is 1.29 bits per heavy atom. The van der Waals surface area contributed by atoms with E-state index in [4.69, 9.17) is 0 Å². The van der Waals surface area contributed by atoms with Crippen LogP contribution in [0.4, 0.5) is 0 Å². The van der Waals surface area contributed by atoms with Crippen LogP contribution in [-0.2, 0) is 9.59 Å². The van der Waals surface area contributed by atoms with Crippen molar-refractivity contribution in [2.45, 2.75) is 70.9 Å². The van der Waals surface area contributed by atoms with Crippen molar-refractivity contribution in [2.75, 3.05) is 0 Å². The molecule has 1 aliphatic rings. The summed E-state index contributed by atoms with van der Waals surface area (Å²) in [5.41, 5.74) is 0. The van der Waals surface area contributed by atoms with E-state index in [1.807, 2.05) is 0 Å². The van der Waals surface area contributed by atoms with Gasteiger partial charge in [-0.15, -0.1) is 0 Å². The van der Waals surface area contributed by atoms with Crippen molar-refractivity contribution in [3.05, 3.63) is 0 Å². The highest BCUT2D eigenvalue weighted by molar-refractivity contribution is 5.82. The van der Waals surface area contributed by atoms with Gasteiger partial charge in [-0.1, -0.05) is 32.6 Å². The Kier molecular flexibility index (Phi) is 5.45. The molecule has 1 saturated carbocycles. The first-order chi connectivity index (χ1) is 8.07. The summed E-state index contributed by atoms with van der Waals surface area (Å²) in [6, 6.07) is -0.434. The van der Waals surface area contributed by atoms with Crippen molar-refractivity contribution in [1.29, 1.82) is 0 Å². The van der Waals surface area contributed by atoms with Crippen LogP contribution in [0.1, 0.15) is 58.8 Å². The Morgan fingerprint density at radius 2 is 1.94 bits per heavy atom. The Hall–Kier alpha value is -1.06. The highest BCUT2D eigenvalue weighted by Crippen LogP contribution is 2.30. The van der Waals surface area contributed by atoms with E-state index in [-0.39, 0.29) is 11.9 Å². The summed E-state index contributed by atoms with van der Waals surface area (Å²) in [6.07, 6.45) is 6.71. The molecule has 4 heteroatoms. The van der Waals surface area contributed by atoms with Gasteiger partial charge in [0.2, 0.25) is 5.91 Å². The molecule has 0 aromatic rings. The first-order valence-electron chi connectivity index (χ1n) is 6.59. The second kappa shape index (κ2) is 6.62. The highest BCUT2D eigenvalue weighted by atomic mass is 16.4. The van der Waals surface area contributed by atoms with E-state index in [1.54, 1.807) is 4.90 Å². The number of carbonyl (C=O) groups is 2. The predicted octanol–water partition coefficient (Wildman–Crippen LogP) is 2.42. The Morgan fingerprint density at radius 3 is 2.35 bits per heavy atom. The fraction of sp³-hybridized carbons (Fsp3) is 0.846. The molecule has 1 aliphatic carbocycles. The molecule has 98 valence electrons. The summed E-state index contributed by atoms with van der Waals surface area (Å²) in [4.78, 5) is 24.3. The number of carboxylic acids is 1. The molecule has 1 rings (SSSR count). The molecule has 0 aliphatic heterocycles. The van der Waals surface area contributed by atoms with E-state index in [1.165, 1.54) is 6.92 Å². The first-order valence-corrected chi connectivity index (χ1v) is 6.59. The maximum atomic E-state index is 11.5. The van der Waals surface area contributed by atoms with Gasteiger partial charge >= 0.3 is 5.97 Å². The molecule has 1 fully saturated rings. The van der Waals surface area contributed by atoms with E-state index in [9.17, 15) is 14.7 Å². The smallest absolute Gasteiger partial charge is 0.326 e. The third kappa shape index (κ3) is 4.36. The maximum absolute atomic E-state index is 11.5. The lowest BCUT2D eigenvalue weighted by atomic mass is 10.1. The maximum Gasteiger partial charge on any atom is 0.326 e. The fourth-order valence-corrected chi connectivity index (χ4v) is 2.23. The van der Waals surface area contributed by atoms with Gasteiger partial charge in [-0.05, 0) is 19.3 Å².